The van der Waals surface area contributed by atoms with Crippen molar-refractivity contribution in [3.63, 3.8) is 0 Å². The van der Waals surface area contributed by atoms with Crippen molar-refractivity contribution in [3.05, 3.63) is 217 Å². The van der Waals surface area contributed by atoms with Gasteiger partial charge in [-0.3, -0.25) is 4.39 Å². The number of aromatic nitrogens is 2. The number of rotatable bonds is 7. The minimum Gasteiger partial charge on any atom is -0.304 e. The Morgan fingerprint density at radius 3 is 1.75 bits per heavy atom. The summed E-state index contributed by atoms with van der Waals surface area (Å²) in [6.07, 6.45) is 3.94. The Bertz CT molecular complexity index is 3020. The molecular formula is C56H39FIrN2-2. The number of benzene rings is 7. The Morgan fingerprint density at radius 2 is 1.07 bits per heavy atom. The largest absolute Gasteiger partial charge is 0.304 e. The first-order valence-electron chi connectivity index (χ1n) is 20.0. The van der Waals surface area contributed by atoms with E-state index >= 15 is 0 Å². The normalized spacial score (nSPS) is 12.3. The van der Waals surface area contributed by atoms with Crippen LogP contribution in [0.15, 0.2) is 182 Å². The summed E-state index contributed by atoms with van der Waals surface area (Å²) in [7, 11) is 0. The summed E-state index contributed by atoms with van der Waals surface area (Å²) in [6, 6.07) is 65.0. The smallest absolute Gasteiger partial charge is 0.0379 e. The van der Waals surface area contributed by atoms with Gasteiger partial charge in [0.1, 0.15) is 0 Å². The molecule has 291 valence electrons. The molecule has 60 heavy (non-hydrogen) atoms. The van der Waals surface area contributed by atoms with Gasteiger partial charge in [0.15, 0.2) is 0 Å². The first-order chi connectivity index (χ1) is 28.8. The van der Waals surface area contributed by atoms with Gasteiger partial charge in [-0.15, -0.1) is 65.7 Å². The van der Waals surface area contributed by atoms with Gasteiger partial charge < -0.3 is 9.97 Å². The number of halogens is 1. The van der Waals surface area contributed by atoms with Crippen LogP contribution in [0, 0.1) is 24.9 Å². The molecule has 0 saturated heterocycles. The van der Waals surface area contributed by atoms with Crippen LogP contribution in [0.3, 0.4) is 0 Å². The molecule has 2 nitrogen and oxygen atoms in total. The molecule has 7 aromatic carbocycles. The summed E-state index contributed by atoms with van der Waals surface area (Å²) in [5.74, 6) is -0.314. The maximum Gasteiger partial charge on any atom is 0.0379 e. The van der Waals surface area contributed by atoms with Crippen LogP contribution in [0.1, 0.15) is 30.5 Å². The second kappa shape index (κ2) is 15.9. The van der Waals surface area contributed by atoms with Crippen LogP contribution in [-0.4, -0.2) is 9.97 Å². The van der Waals surface area contributed by atoms with Crippen LogP contribution in [0.2, 0.25) is 0 Å². The van der Waals surface area contributed by atoms with E-state index in [4.69, 9.17) is 9.97 Å². The van der Waals surface area contributed by atoms with Crippen LogP contribution in [0.4, 0.5) is 4.39 Å². The summed E-state index contributed by atoms with van der Waals surface area (Å²) in [6.45, 7) is 6.83. The van der Waals surface area contributed by atoms with E-state index in [9.17, 15) is 4.39 Å². The molecule has 0 N–H and O–H groups in total. The molecule has 4 heteroatoms. The molecule has 1 aliphatic carbocycles. The maximum atomic E-state index is 13.6. The van der Waals surface area contributed by atoms with E-state index in [1.54, 1.807) is 6.07 Å². The van der Waals surface area contributed by atoms with Gasteiger partial charge in [0, 0.05) is 49.3 Å². The molecule has 0 fully saturated rings. The van der Waals surface area contributed by atoms with Gasteiger partial charge in [0.25, 0.3) is 0 Å². The van der Waals surface area contributed by atoms with Crippen molar-refractivity contribution in [1.29, 1.82) is 0 Å². The van der Waals surface area contributed by atoms with Gasteiger partial charge in [-0.1, -0.05) is 129 Å². The third-order valence-electron chi connectivity index (χ3n) is 11.8. The first-order valence-corrected chi connectivity index (χ1v) is 20.0. The van der Waals surface area contributed by atoms with Crippen molar-refractivity contribution in [3.8, 4) is 89.3 Å². The fourth-order valence-electron chi connectivity index (χ4n) is 8.81. The average Bonchev–Trinajstić information content (AvgIpc) is 3.51. The Kier molecular flexibility index (Phi) is 10.3. The third-order valence-corrected chi connectivity index (χ3v) is 11.8. The topological polar surface area (TPSA) is 25.8 Å². The number of nitrogens with zero attached hydrogens (tertiary/aromatic N) is 2. The van der Waals surface area contributed by atoms with Gasteiger partial charge in [-0.05, 0) is 108 Å². The minimum atomic E-state index is -0.314. The zero-order chi connectivity index (χ0) is 40.1. The van der Waals surface area contributed by atoms with Crippen LogP contribution in [0.25, 0.3) is 89.3 Å². The molecule has 0 saturated carbocycles. The molecule has 2 aromatic heterocycles. The Hall–Kier alpha value is -6.58. The van der Waals surface area contributed by atoms with Crippen molar-refractivity contribution >= 4 is 0 Å². The zero-order valence-corrected chi connectivity index (χ0v) is 35.8. The fourth-order valence-corrected chi connectivity index (χ4v) is 8.81. The maximum absolute atomic E-state index is 13.6. The van der Waals surface area contributed by atoms with Gasteiger partial charge in [0.2, 0.25) is 0 Å². The van der Waals surface area contributed by atoms with Gasteiger partial charge in [-0.2, -0.15) is 0 Å². The summed E-state index contributed by atoms with van der Waals surface area (Å²) in [5.41, 5.74) is 20.7. The van der Waals surface area contributed by atoms with Crippen molar-refractivity contribution in [2.45, 2.75) is 26.2 Å². The van der Waals surface area contributed by atoms with E-state index < -0.39 is 0 Å². The SMILES string of the molecule is Cc1cc(-c2ccccc2-c2ccc(-c3[c-]cc(F)cc3)nc2)cc(-c2ccccc2-c2cnc(-c3[c-]cccc3)cc2-c2ccc3c(c2)C(C)(C)c2ccccc2-3)c1.[Ir]. The van der Waals surface area contributed by atoms with Crippen molar-refractivity contribution < 1.29 is 24.5 Å². The van der Waals surface area contributed by atoms with Crippen molar-refractivity contribution in [1.82, 2.24) is 9.97 Å². The Labute approximate surface area is 364 Å². The number of hydrogen-bond donors (Lipinski definition) is 0. The number of pyridine rings is 2. The van der Waals surface area contributed by atoms with E-state index in [0.29, 0.717) is 0 Å². The number of aryl methyl sites for hydroxylation is 1. The van der Waals surface area contributed by atoms with E-state index in [0.717, 1.165) is 83.7 Å². The molecule has 0 unspecified atom stereocenters. The van der Waals surface area contributed by atoms with E-state index in [1.807, 2.05) is 36.7 Å². The standard InChI is InChI=1S/C56H39FN2.Ir/c1-36-29-41(45-16-8-7-15-44(45)40-24-28-54(58-34-40)38-21-25-43(57)26-22-38)31-42(30-36)46-17-9-10-18-47(46)51-35-59-55(37-13-5-4-6-14-37)33-50(51)39-23-27-49-48-19-11-12-20-52(48)56(2,3)53(49)32-39;/h4-13,15-21,23-35H,1-3H3;/q-2;. The Balaban J connectivity index is 0.00000462. The van der Waals surface area contributed by atoms with E-state index in [-0.39, 0.29) is 31.3 Å². The number of fused-ring (bicyclic) bond motifs is 3. The van der Waals surface area contributed by atoms with Crippen LogP contribution >= 0.6 is 0 Å². The zero-order valence-electron chi connectivity index (χ0n) is 33.4. The first kappa shape index (κ1) is 38.9. The minimum absolute atomic E-state index is 0. The third kappa shape index (κ3) is 7.02. The Morgan fingerprint density at radius 1 is 0.450 bits per heavy atom. The predicted molar refractivity (Wildman–Crippen MR) is 240 cm³/mol. The second-order valence-corrected chi connectivity index (χ2v) is 15.9. The van der Waals surface area contributed by atoms with Crippen LogP contribution in [0.5, 0.6) is 0 Å². The molecule has 9 aromatic rings. The molecular weight excluding hydrogens is 912 g/mol. The van der Waals surface area contributed by atoms with E-state index in [1.165, 1.54) is 34.4 Å². The van der Waals surface area contributed by atoms with Crippen LogP contribution < -0.4 is 0 Å². The van der Waals surface area contributed by atoms with E-state index in [2.05, 4.69) is 160 Å². The molecule has 1 radical (unpaired) electrons. The summed E-state index contributed by atoms with van der Waals surface area (Å²) in [5, 5.41) is 0. The van der Waals surface area contributed by atoms with Gasteiger partial charge in [-0.25, -0.2) is 0 Å². The summed E-state index contributed by atoms with van der Waals surface area (Å²) < 4.78 is 13.6. The molecule has 0 spiro atoms. The monoisotopic (exact) mass is 951 g/mol. The fraction of sp³-hybridized carbons (Fsp3) is 0.0714. The molecule has 0 amide bonds. The quantitative estimate of drug-likeness (QED) is 0.149. The molecule has 0 aliphatic heterocycles. The van der Waals surface area contributed by atoms with Crippen LogP contribution in [-0.2, 0) is 25.5 Å². The predicted octanol–water partition coefficient (Wildman–Crippen LogP) is 14.5. The molecule has 0 atom stereocenters. The van der Waals surface area contributed by atoms with Gasteiger partial charge in [0.05, 0.1) is 0 Å². The molecule has 1 aliphatic rings. The molecule has 10 rings (SSSR count). The summed E-state index contributed by atoms with van der Waals surface area (Å²) in [4.78, 5) is 9.83. The van der Waals surface area contributed by atoms with Gasteiger partial charge >= 0.3 is 0 Å². The summed E-state index contributed by atoms with van der Waals surface area (Å²) >= 11 is 0. The van der Waals surface area contributed by atoms with Crippen molar-refractivity contribution in [2.75, 3.05) is 0 Å². The average molecular weight is 951 g/mol. The molecule has 0 bridgehead atoms. The second-order valence-electron chi connectivity index (χ2n) is 15.9. The number of hydrogen-bond acceptors (Lipinski definition) is 2. The molecule has 2 heterocycles. The van der Waals surface area contributed by atoms with Crippen molar-refractivity contribution in [2.24, 2.45) is 0 Å².